The first-order valence-corrected chi connectivity index (χ1v) is 13.9. The molecule has 3 rings (SSSR count). The molecule has 0 fully saturated rings. The summed E-state index contributed by atoms with van der Waals surface area (Å²) in [6.07, 6.45) is 2.53. The maximum atomic E-state index is 13.1. The van der Waals surface area contributed by atoms with Crippen LogP contribution in [0.25, 0.3) is 11.3 Å². The number of hydrogen-bond acceptors (Lipinski definition) is 7. The molecule has 0 saturated heterocycles. The Morgan fingerprint density at radius 3 is 2.56 bits per heavy atom. The first-order chi connectivity index (χ1) is 17.2. The molecule has 0 saturated carbocycles. The monoisotopic (exact) mass is 525 g/mol. The summed E-state index contributed by atoms with van der Waals surface area (Å²) in [6, 6.07) is 13.7. The van der Waals surface area contributed by atoms with Crippen LogP contribution >= 0.6 is 23.1 Å². The molecule has 3 N–H and O–H groups in total. The highest BCUT2D eigenvalue weighted by molar-refractivity contribution is 7.98. The standard InChI is InChI=1S/C27H31N3O4S2/c1-5-23(31)27(3,34)20-15-19(12-11-17(20)2)24(32)28-21(13-14-35-4)25(33)30-26-29-22(16-36-26)18-9-7-6-8-10-18/h6-12,15-16,21,34H,5,13-14H2,1-4H3,(H,28,32)(H,29,30,33)/t21-,27?/m0/s1. The molecule has 9 heteroatoms. The van der Waals surface area contributed by atoms with Crippen LogP contribution in [0.15, 0.2) is 53.9 Å². The Kier molecular flexibility index (Phi) is 9.42. The molecule has 3 aromatic rings. The van der Waals surface area contributed by atoms with Crippen molar-refractivity contribution >= 4 is 45.8 Å². The SMILES string of the molecule is CCC(=O)C(C)(O)c1cc(C(=O)N[C@@H](CCSC)C(=O)Nc2nc(-c3ccccc3)cs2)ccc1C. The number of amides is 2. The second kappa shape index (κ2) is 12.3. The van der Waals surface area contributed by atoms with Crippen molar-refractivity contribution in [2.24, 2.45) is 0 Å². The number of thioether (sulfide) groups is 1. The van der Waals surface area contributed by atoms with Crippen LogP contribution in [0.4, 0.5) is 5.13 Å². The largest absolute Gasteiger partial charge is 0.378 e. The summed E-state index contributed by atoms with van der Waals surface area (Å²) in [5, 5.41) is 18.8. The molecule has 0 radical (unpaired) electrons. The van der Waals surface area contributed by atoms with Crippen LogP contribution in [0.3, 0.4) is 0 Å². The van der Waals surface area contributed by atoms with E-state index in [4.69, 9.17) is 0 Å². The fourth-order valence-electron chi connectivity index (χ4n) is 3.79. The smallest absolute Gasteiger partial charge is 0.251 e. The first-order valence-electron chi connectivity index (χ1n) is 11.7. The molecule has 7 nitrogen and oxygen atoms in total. The zero-order valence-corrected chi connectivity index (χ0v) is 22.5. The number of thiazole rings is 1. The Labute approximate surface area is 219 Å². The normalized spacial score (nSPS) is 13.5. The molecular weight excluding hydrogens is 494 g/mol. The number of carbonyl (C=O) groups excluding carboxylic acids is 3. The number of hydrogen-bond donors (Lipinski definition) is 3. The molecule has 2 aromatic carbocycles. The highest BCUT2D eigenvalue weighted by Gasteiger charge is 2.33. The van der Waals surface area contributed by atoms with Gasteiger partial charge in [-0.2, -0.15) is 11.8 Å². The van der Waals surface area contributed by atoms with Crippen LogP contribution in [0.1, 0.15) is 48.2 Å². The van der Waals surface area contributed by atoms with Crippen molar-refractivity contribution in [3.8, 4) is 11.3 Å². The second-order valence-corrected chi connectivity index (χ2v) is 10.4. The molecule has 2 amide bonds. The van der Waals surface area contributed by atoms with Crippen LogP contribution in [0.2, 0.25) is 0 Å². The zero-order valence-electron chi connectivity index (χ0n) is 20.8. The highest BCUT2D eigenvalue weighted by atomic mass is 32.2. The summed E-state index contributed by atoms with van der Waals surface area (Å²) < 4.78 is 0. The van der Waals surface area contributed by atoms with Gasteiger partial charge < -0.3 is 15.7 Å². The number of nitrogens with zero attached hydrogens (tertiary/aromatic N) is 1. The van der Waals surface area contributed by atoms with E-state index in [-0.39, 0.29) is 23.7 Å². The Morgan fingerprint density at radius 2 is 1.89 bits per heavy atom. The summed E-state index contributed by atoms with van der Waals surface area (Å²) in [6.45, 7) is 4.90. The quantitative estimate of drug-likeness (QED) is 0.332. The molecule has 2 atom stereocenters. The summed E-state index contributed by atoms with van der Waals surface area (Å²) in [4.78, 5) is 43.0. The minimum Gasteiger partial charge on any atom is -0.378 e. The summed E-state index contributed by atoms with van der Waals surface area (Å²) >= 11 is 2.90. The summed E-state index contributed by atoms with van der Waals surface area (Å²) in [7, 11) is 0. The molecule has 0 aliphatic heterocycles. The van der Waals surface area contributed by atoms with E-state index in [1.54, 1.807) is 37.7 Å². The van der Waals surface area contributed by atoms with Gasteiger partial charge in [0.25, 0.3) is 5.91 Å². The number of Topliss-reactive ketones (excluding diaryl/α,β-unsaturated/α-hetero) is 1. The predicted molar refractivity (Wildman–Crippen MR) is 146 cm³/mol. The lowest BCUT2D eigenvalue weighted by Crippen LogP contribution is -2.44. The molecule has 1 heterocycles. The maximum absolute atomic E-state index is 13.1. The molecule has 190 valence electrons. The van der Waals surface area contributed by atoms with Crippen molar-refractivity contribution in [2.75, 3.05) is 17.3 Å². The Bertz CT molecular complexity index is 1220. The lowest BCUT2D eigenvalue weighted by Gasteiger charge is -2.24. The van der Waals surface area contributed by atoms with Gasteiger partial charge in [-0.05, 0) is 55.5 Å². The lowest BCUT2D eigenvalue weighted by atomic mass is 9.86. The summed E-state index contributed by atoms with van der Waals surface area (Å²) in [5.41, 5.74) is 1.36. The first kappa shape index (κ1) is 27.6. The van der Waals surface area contributed by atoms with E-state index in [1.165, 1.54) is 24.3 Å². The third-order valence-electron chi connectivity index (χ3n) is 5.92. The van der Waals surface area contributed by atoms with Gasteiger partial charge in [0.05, 0.1) is 5.69 Å². The number of aromatic nitrogens is 1. The maximum Gasteiger partial charge on any atom is 0.251 e. The second-order valence-electron chi connectivity index (χ2n) is 8.58. The van der Waals surface area contributed by atoms with E-state index in [9.17, 15) is 19.5 Å². The van der Waals surface area contributed by atoms with Crippen LogP contribution in [-0.2, 0) is 15.2 Å². The number of rotatable bonds is 11. The molecular formula is C27H31N3O4S2. The molecule has 0 aliphatic carbocycles. The van der Waals surface area contributed by atoms with E-state index >= 15 is 0 Å². The Morgan fingerprint density at radius 1 is 1.17 bits per heavy atom. The van der Waals surface area contributed by atoms with Crippen molar-refractivity contribution < 1.29 is 19.5 Å². The minimum absolute atomic E-state index is 0.169. The zero-order chi connectivity index (χ0) is 26.3. The Balaban J connectivity index is 1.77. The minimum atomic E-state index is -1.70. The third kappa shape index (κ3) is 6.60. The Hall–Kier alpha value is -3.01. The van der Waals surface area contributed by atoms with Gasteiger partial charge in [-0.25, -0.2) is 4.98 Å². The van der Waals surface area contributed by atoms with Crippen molar-refractivity contribution in [1.29, 1.82) is 0 Å². The molecule has 36 heavy (non-hydrogen) atoms. The van der Waals surface area contributed by atoms with Gasteiger partial charge in [-0.15, -0.1) is 11.3 Å². The predicted octanol–water partition coefficient (Wildman–Crippen LogP) is 4.80. The van der Waals surface area contributed by atoms with Crippen molar-refractivity contribution in [3.63, 3.8) is 0 Å². The van der Waals surface area contributed by atoms with E-state index in [0.29, 0.717) is 28.4 Å². The van der Waals surface area contributed by atoms with Crippen LogP contribution in [0.5, 0.6) is 0 Å². The average Bonchev–Trinajstić information content (AvgIpc) is 3.34. The number of aryl methyl sites for hydroxylation is 1. The number of nitrogens with one attached hydrogen (secondary N) is 2. The molecule has 0 spiro atoms. The van der Waals surface area contributed by atoms with Crippen LogP contribution < -0.4 is 10.6 Å². The average molecular weight is 526 g/mol. The number of anilines is 1. The van der Waals surface area contributed by atoms with Crippen LogP contribution in [0, 0.1) is 6.92 Å². The lowest BCUT2D eigenvalue weighted by molar-refractivity contribution is -0.136. The molecule has 1 unspecified atom stereocenters. The van der Waals surface area contributed by atoms with Crippen molar-refractivity contribution in [2.45, 2.75) is 45.3 Å². The third-order valence-corrected chi connectivity index (χ3v) is 7.33. The number of ketones is 1. The fraction of sp³-hybridized carbons (Fsp3) is 0.333. The van der Waals surface area contributed by atoms with Crippen LogP contribution in [-0.4, -0.2) is 45.7 Å². The van der Waals surface area contributed by atoms with E-state index in [0.717, 1.165) is 11.3 Å². The number of benzene rings is 2. The van der Waals surface area contributed by atoms with Gasteiger partial charge in [-0.3, -0.25) is 14.4 Å². The van der Waals surface area contributed by atoms with Gasteiger partial charge in [0.15, 0.2) is 10.9 Å². The van der Waals surface area contributed by atoms with Gasteiger partial charge in [0, 0.05) is 22.9 Å². The van der Waals surface area contributed by atoms with Gasteiger partial charge in [0.2, 0.25) is 5.91 Å². The van der Waals surface area contributed by atoms with E-state index in [1.807, 2.05) is 42.0 Å². The summed E-state index contributed by atoms with van der Waals surface area (Å²) in [5.74, 6) is -0.475. The van der Waals surface area contributed by atoms with Crippen molar-refractivity contribution in [1.82, 2.24) is 10.3 Å². The van der Waals surface area contributed by atoms with Crippen molar-refractivity contribution in [3.05, 3.63) is 70.6 Å². The topological polar surface area (TPSA) is 108 Å². The fourth-order valence-corrected chi connectivity index (χ4v) is 4.99. The number of aliphatic hydroxyl groups is 1. The molecule has 0 bridgehead atoms. The highest BCUT2D eigenvalue weighted by Crippen LogP contribution is 2.28. The van der Waals surface area contributed by atoms with E-state index in [2.05, 4.69) is 15.6 Å². The van der Waals surface area contributed by atoms with Gasteiger partial charge >= 0.3 is 0 Å². The molecule has 1 aromatic heterocycles. The molecule has 0 aliphatic rings. The van der Waals surface area contributed by atoms with Gasteiger partial charge in [0.1, 0.15) is 11.6 Å². The number of carbonyl (C=O) groups is 3. The van der Waals surface area contributed by atoms with Gasteiger partial charge in [-0.1, -0.05) is 43.3 Å². The van der Waals surface area contributed by atoms with E-state index < -0.39 is 17.6 Å².